The van der Waals surface area contributed by atoms with Crippen molar-refractivity contribution in [3.05, 3.63) is 59.2 Å². The van der Waals surface area contributed by atoms with Gasteiger partial charge in [0.15, 0.2) is 6.10 Å². The summed E-state index contributed by atoms with van der Waals surface area (Å²) in [5.74, 6) is 0.318. The van der Waals surface area contributed by atoms with E-state index in [1.165, 1.54) is 0 Å². The molecule has 0 unspecified atom stereocenters. The van der Waals surface area contributed by atoms with Crippen molar-refractivity contribution < 1.29 is 18.7 Å². The number of aromatic nitrogens is 1. The van der Waals surface area contributed by atoms with Crippen molar-refractivity contribution in [2.24, 2.45) is 0 Å². The second-order valence-corrected chi connectivity index (χ2v) is 5.49. The van der Waals surface area contributed by atoms with Crippen LogP contribution in [0.1, 0.15) is 39.2 Å². The summed E-state index contributed by atoms with van der Waals surface area (Å²) in [6.07, 6.45) is 0.765. The minimum Gasteiger partial charge on any atom is -0.466 e. The van der Waals surface area contributed by atoms with Gasteiger partial charge in [0.2, 0.25) is 5.78 Å². The number of ether oxygens (including phenoxy) is 1. The molecule has 1 atom stereocenters. The summed E-state index contributed by atoms with van der Waals surface area (Å²) in [6, 6.07) is 9.11. The Hall–Kier alpha value is -2.82. The molecule has 0 bridgehead atoms. The minimum absolute atomic E-state index is 0.242. The molecule has 2 aromatic heterocycles. The number of Topliss-reactive ketones (excluding diaryl/α,β-unsaturated/α-hetero) is 1. The number of furan rings is 1. The lowest BCUT2D eigenvalue weighted by atomic mass is 10.1. The van der Waals surface area contributed by atoms with Crippen molar-refractivity contribution >= 4 is 22.7 Å². The Kier molecular flexibility index (Phi) is 3.78. The first-order valence-corrected chi connectivity index (χ1v) is 7.35. The van der Waals surface area contributed by atoms with E-state index in [0.29, 0.717) is 22.6 Å². The number of aromatic amines is 1. The highest BCUT2D eigenvalue weighted by molar-refractivity contribution is 6.10. The van der Waals surface area contributed by atoms with Crippen molar-refractivity contribution in [2.75, 3.05) is 0 Å². The Labute approximate surface area is 133 Å². The van der Waals surface area contributed by atoms with Crippen molar-refractivity contribution in [1.29, 1.82) is 0 Å². The first kappa shape index (κ1) is 15.1. The average Bonchev–Trinajstić information content (AvgIpc) is 3.09. The van der Waals surface area contributed by atoms with Crippen LogP contribution in [0.4, 0.5) is 0 Å². The minimum atomic E-state index is -0.878. The molecule has 5 nitrogen and oxygen atoms in total. The van der Waals surface area contributed by atoms with Gasteiger partial charge in [0.05, 0.1) is 0 Å². The molecule has 0 saturated heterocycles. The van der Waals surface area contributed by atoms with Crippen LogP contribution in [-0.4, -0.2) is 22.8 Å². The monoisotopic (exact) mass is 311 g/mol. The number of carbonyl (C=O) groups is 2. The van der Waals surface area contributed by atoms with Gasteiger partial charge in [0.1, 0.15) is 17.1 Å². The fourth-order valence-corrected chi connectivity index (χ4v) is 2.61. The predicted octanol–water partition coefficient (Wildman–Crippen LogP) is 3.81. The van der Waals surface area contributed by atoms with E-state index in [2.05, 4.69) is 4.98 Å². The molecule has 1 N–H and O–H groups in total. The summed E-state index contributed by atoms with van der Waals surface area (Å²) in [5, 5.41) is 0.815. The number of hydrogen-bond acceptors (Lipinski definition) is 4. The zero-order chi connectivity index (χ0) is 16.6. The molecule has 0 amide bonds. The van der Waals surface area contributed by atoms with Crippen LogP contribution < -0.4 is 0 Å². The highest BCUT2D eigenvalue weighted by Gasteiger charge is 2.24. The molecule has 5 heteroatoms. The topological polar surface area (TPSA) is 72.3 Å². The van der Waals surface area contributed by atoms with Gasteiger partial charge < -0.3 is 14.1 Å². The summed E-state index contributed by atoms with van der Waals surface area (Å²) < 4.78 is 10.6. The Morgan fingerprint density at radius 2 is 1.91 bits per heavy atom. The molecule has 0 aliphatic carbocycles. The number of nitrogens with one attached hydrogen (secondary N) is 1. The summed E-state index contributed by atoms with van der Waals surface area (Å²) in [4.78, 5) is 27.8. The summed E-state index contributed by atoms with van der Waals surface area (Å²) >= 11 is 0. The molecule has 0 spiro atoms. The van der Waals surface area contributed by atoms with E-state index in [1.807, 2.05) is 24.3 Å². The Morgan fingerprint density at radius 1 is 1.17 bits per heavy atom. The number of carbonyl (C=O) groups excluding carboxylic acids is 2. The first-order valence-electron chi connectivity index (χ1n) is 7.35. The number of rotatable bonds is 4. The zero-order valence-electron chi connectivity index (χ0n) is 13.2. The molecule has 0 saturated carbocycles. The standard InChI is InChI=1S/C18H17NO4/c1-10-8-14(11(2)22-10)18(21)23-12(3)17(20)15-9-19-16-7-5-4-6-13(15)16/h4-9,12,19H,1-3H3/t12-/m0/s1. The van der Waals surface area contributed by atoms with Crippen LogP contribution in [0.15, 0.2) is 40.9 Å². The maximum atomic E-state index is 12.6. The van der Waals surface area contributed by atoms with Gasteiger partial charge >= 0.3 is 5.97 Å². The molecule has 1 aromatic carbocycles. The molecular weight excluding hydrogens is 294 g/mol. The van der Waals surface area contributed by atoms with Crippen molar-refractivity contribution in [3.63, 3.8) is 0 Å². The number of para-hydroxylation sites is 1. The molecule has 0 aliphatic rings. The van der Waals surface area contributed by atoms with E-state index in [1.54, 1.807) is 33.0 Å². The van der Waals surface area contributed by atoms with Crippen LogP contribution in [0.3, 0.4) is 0 Å². The number of benzene rings is 1. The number of aryl methyl sites for hydroxylation is 2. The molecule has 3 aromatic rings. The first-order chi connectivity index (χ1) is 11.0. The van der Waals surface area contributed by atoms with Crippen LogP contribution >= 0.6 is 0 Å². The summed E-state index contributed by atoms with van der Waals surface area (Å²) in [5.41, 5.74) is 1.73. The zero-order valence-corrected chi connectivity index (χ0v) is 13.2. The lowest BCUT2D eigenvalue weighted by Gasteiger charge is -2.11. The van der Waals surface area contributed by atoms with Gasteiger partial charge in [-0.25, -0.2) is 4.79 Å². The summed E-state index contributed by atoms with van der Waals surface area (Å²) in [7, 11) is 0. The van der Waals surface area contributed by atoms with Gasteiger partial charge in [-0.15, -0.1) is 0 Å². The predicted molar refractivity (Wildman–Crippen MR) is 85.7 cm³/mol. The average molecular weight is 311 g/mol. The van der Waals surface area contributed by atoms with Crippen molar-refractivity contribution in [2.45, 2.75) is 26.9 Å². The highest BCUT2D eigenvalue weighted by atomic mass is 16.5. The maximum absolute atomic E-state index is 12.6. The molecule has 118 valence electrons. The number of fused-ring (bicyclic) bond motifs is 1. The van der Waals surface area contributed by atoms with Crippen molar-refractivity contribution in [3.8, 4) is 0 Å². The lowest BCUT2D eigenvalue weighted by molar-refractivity contribution is 0.0317. The largest absolute Gasteiger partial charge is 0.466 e. The summed E-state index contributed by atoms with van der Waals surface area (Å²) in [6.45, 7) is 5.02. The quantitative estimate of drug-likeness (QED) is 0.587. The Balaban J connectivity index is 1.80. The molecule has 0 fully saturated rings. The van der Waals surface area contributed by atoms with Crippen LogP contribution in [0.25, 0.3) is 10.9 Å². The van der Waals surface area contributed by atoms with E-state index in [4.69, 9.17) is 9.15 Å². The third-order valence-electron chi connectivity index (χ3n) is 3.77. The second kappa shape index (κ2) is 5.76. The van der Waals surface area contributed by atoms with E-state index < -0.39 is 12.1 Å². The van der Waals surface area contributed by atoms with Gasteiger partial charge in [0, 0.05) is 22.7 Å². The van der Waals surface area contributed by atoms with E-state index in [9.17, 15) is 9.59 Å². The number of ketones is 1. The fourth-order valence-electron chi connectivity index (χ4n) is 2.61. The molecule has 0 aliphatic heterocycles. The van der Waals surface area contributed by atoms with Crippen LogP contribution in [0, 0.1) is 13.8 Å². The molecule has 3 rings (SSSR count). The maximum Gasteiger partial charge on any atom is 0.342 e. The number of hydrogen-bond donors (Lipinski definition) is 1. The highest BCUT2D eigenvalue weighted by Crippen LogP contribution is 2.21. The number of H-pyrrole nitrogens is 1. The van der Waals surface area contributed by atoms with Gasteiger partial charge in [-0.3, -0.25) is 4.79 Å². The smallest absolute Gasteiger partial charge is 0.342 e. The third kappa shape index (κ3) is 2.77. The second-order valence-electron chi connectivity index (χ2n) is 5.49. The lowest BCUT2D eigenvalue weighted by Crippen LogP contribution is -2.24. The van der Waals surface area contributed by atoms with Gasteiger partial charge in [0.25, 0.3) is 0 Å². The van der Waals surface area contributed by atoms with Crippen molar-refractivity contribution in [1.82, 2.24) is 4.98 Å². The Bertz CT molecular complexity index is 887. The van der Waals surface area contributed by atoms with Gasteiger partial charge in [-0.05, 0) is 32.9 Å². The normalized spacial score (nSPS) is 12.3. The van der Waals surface area contributed by atoms with Crippen LogP contribution in [-0.2, 0) is 4.74 Å². The fraction of sp³-hybridized carbons (Fsp3) is 0.222. The van der Waals surface area contributed by atoms with Crippen LogP contribution in [0.2, 0.25) is 0 Å². The molecule has 0 radical (unpaired) electrons. The molecular formula is C18H17NO4. The van der Waals surface area contributed by atoms with E-state index in [0.717, 1.165) is 10.9 Å². The van der Waals surface area contributed by atoms with Gasteiger partial charge in [-0.1, -0.05) is 18.2 Å². The molecule has 23 heavy (non-hydrogen) atoms. The molecule has 2 heterocycles. The van der Waals surface area contributed by atoms with Crippen LogP contribution in [0.5, 0.6) is 0 Å². The number of esters is 1. The van der Waals surface area contributed by atoms with E-state index in [-0.39, 0.29) is 5.78 Å². The SMILES string of the molecule is Cc1cc(C(=O)O[C@@H](C)C(=O)c2c[nH]c3ccccc23)c(C)o1. The van der Waals surface area contributed by atoms with E-state index >= 15 is 0 Å². The Morgan fingerprint density at radius 3 is 2.61 bits per heavy atom. The van der Waals surface area contributed by atoms with Gasteiger partial charge in [-0.2, -0.15) is 0 Å². The third-order valence-corrected chi connectivity index (χ3v) is 3.77.